The van der Waals surface area contributed by atoms with E-state index < -0.39 is 5.92 Å². The minimum absolute atomic E-state index is 0.0681. The van der Waals surface area contributed by atoms with Gasteiger partial charge in [0.25, 0.3) is 5.91 Å². The summed E-state index contributed by atoms with van der Waals surface area (Å²) in [5.74, 6) is -0.554. The van der Waals surface area contributed by atoms with Crippen molar-refractivity contribution in [3.05, 3.63) is 47.3 Å². The first-order valence-corrected chi connectivity index (χ1v) is 7.77. The molecule has 3 aromatic rings. The monoisotopic (exact) mass is 337 g/mol. The summed E-state index contributed by atoms with van der Waals surface area (Å²) in [6.45, 7) is 0. The van der Waals surface area contributed by atoms with Crippen molar-refractivity contribution in [2.24, 2.45) is 0 Å². The Bertz CT molecular complexity index is 1010. The van der Waals surface area contributed by atoms with Gasteiger partial charge < -0.3 is 15.7 Å². The van der Waals surface area contributed by atoms with E-state index in [1.54, 1.807) is 18.2 Å². The average molecular weight is 337 g/mol. The number of aromatic nitrogens is 3. The summed E-state index contributed by atoms with van der Waals surface area (Å²) in [5, 5.41) is 22.8. The molecular weight excluding hydrogens is 322 g/mol. The van der Waals surface area contributed by atoms with E-state index in [-0.39, 0.29) is 24.0 Å². The number of hydrogen-bond donors (Lipinski definition) is 4. The third kappa shape index (κ3) is 2.38. The number of phenolic OH excluding ortho intramolecular Hbond substituents is 1. The van der Waals surface area contributed by atoms with Crippen LogP contribution in [0.4, 0.5) is 5.82 Å². The van der Waals surface area contributed by atoms with Gasteiger partial charge >= 0.3 is 0 Å². The van der Waals surface area contributed by atoms with Gasteiger partial charge in [-0.15, -0.1) is 0 Å². The van der Waals surface area contributed by atoms with Crippen LogP contribution < -0.4 is 10.6 Å². The van der Waals surface area contributed by atoms with Crippen molar-refractivity contribution in [2.75, 3.05) is 12.4 Å². The van der Waals surface area contributed by atoms with Crippen LogP contribution >= 0.6 is 0 Å². The summed E-state index contributed by atoms with van der Waals surface area (Å²) in [5.41, 5.74) is 1.94. The molecule has 0 bridgehead atoms. The fourth-order valence-electron chi connectivity index (χ4n) is 3.15. The van der Waals surface area contributed by atoms with Crippen LogP contribution in [-0.4, -0.2) is 39.1 Å². The second-order valence-electron chi connectivity index (χ2n) is 5.83. The number of aromatic hydroxyl groups is 1. The highest BCUT2D eigenvalue weighted by Crippen LogP contribution is 2.38. The number of fused-ring (bicyclic) bond motifs is 2. The van der Waals surface area contributed by atoms with Crippen LogP contribution in [0.25, 0.3) is 10.9 Å². The molecule has 4 N–H and O–H groups in total. The largest absolute Gasteiger partial charge is 0.506 e. The number of benzene rings is 1. The molecule has 8 heteroatoms. The molecule has 0 radical (unpaired) electrons. The SMILES string of the molecule is CNC(=O)c1[nH]nc2c1C(c1ccc3cccc(O)c3n1)CC(=O)N2. The second-order valence-corrected chi connectivity index (χ2v) is 5.83. The quantitative estimate of drug-likeness (QED) is 0.565. The first kappa shape index (κ1) is 15.1. The Hall–Kier alpha value is -3.42. The number of carbonyl (C=O) groups excluding carboxylic acids is 2. The zero-order chi connectivity index (χ0) is 17.6. The molecule has 0 aliphatic carbocycles. The number of nitrogens with zero attached hydrogens (tertiary/aromatic N) is 2. The molecule has 0 saturated carbocycles. The molecule has 2 aromatic heterocycles. The number of nitrogens with one attached hydrogen (secondary N) is 3. The van der Waals surface area contributed by atoms with E-state index in [0.29, 0.717) is 28.3 Å². The molecular formula is C17H15N5O3. The standard InChI is InChI=1S/C17H15N5O3/c1-18-17(25)15-13-9(7-12(24)20-16(13)22-21-15)10-6-5-8-3-2-4-11(23)14(8)19-10/h2-6,9,23H,7H2,1H3,(H,18,25)(H2,20,21,22,24). The van der Waals surface area contributed by atoms with Crippen LogP contribution in [-0.2, 0) is 4.79 Å². The zero-order valence-corrected chi connectivity index (χ0v) is 13.3. The molecule has 0 saturated heterocycles. The Morgan fingerprint density at radius 2 is 2.16 bits per heavy atom. The number of rotatable bonds is 2. The lowest BCUT2D eigenvalue weighted by molar-refractivity contribution is -0.116. The highest BCUT2D eigenvalue weighted by Gasteiger charge is 2.34. The Labute approximate surface area is 142 Å². The second kappa shape index (κ2) is 5.59. The molecule has 1 aromatic carbocycles. The lowest BCUT2D eigenvalue weighted by atomic mass is 9.88. The van der Waals surface area contributed by atoms with Gasteiger partial charge in [0.15, 0.2) is 5.82 Å². The molecule has 1 aliphatic rings. The summed E-state index contributed by atoms with van der Waals surface area (Å²) in [4.78, 5) is 28.7. The number of H-pyrrole nitrogens is 1. The number of carbonyl (C=O) groups is 2. The van der Waals surface area contributed by atoms with Crippen LogP contribution in [0.3, 0.4) is 0 Å². The highest BCUT2D eigenvalue weighted by atomic mass is 16.3. The van der Waals surface area contributed by atoms with E-state index in [0.717, 1.165) is 5.39 Å². The van der Waals surface area contributed by atoms with Gasteiger partial charge in [-0.05, 0) is 12.1 Å². The van der Waals surface area contributed by atoms with Crippen molar-refractivity contribution < 1.29 is 14.7 Å². The van der Waals surface area contributed by atoms with Gasteiger partial charge in [-0.25, -0.2) is 4.98 Å². The lowest BCUT2D eigenvalue weighted by Crippen LogP contribution is -2.27. The molecule has 1 atom stereocenters. The maximum absolute atomic E-state index is 12.1. The molecule has 8 nitrogen and oxygen atoms in total. The van der Waals surface area contributed by atoms with Gasteiger partial charge in [-0.1, -0.05) is 18.2 Å². The minimum Gasteiger partial charge on any atom is -0.506 e. The molecule has 126 valence electrons. The van der Waals surface area contributed by atoms with Gasteiger partial charge in [0.2, 0.25) is 5.91 Å². The molecule has 2 amide bonds. The van der Waals surface area contributed by atoms with Crippen molar-refractivity contribution in [1.29, 1.82) is 0 Å². The maximum Gasteiger partial charge on any atom is 0.269 e. The Morgan fingerprint density at radius 3 is 2.96 bits per heavy atom. The van der Waals surface area contributed by atoms with Gasteiger partial charge in [-0.3, -0.25) is 14.7 Å². The lowest BCUT2D eigenvalue weighted by Gasteiger charge is -2.22. The number of aromatic amines is 1. The summed E-state index contributed by atoms with van der Waals surface area (Å²) in [6, 6.07) is 8.79. The number of anilines is 1. The summed E-state index contributed by atoms with van der Waals surface area (Å²) in [6.07, 6.45) is 0.141. The van der Waals surface area contributed by atoms with E-state index >= 15 is 0 Å². The van der Waals surface area contributed by atoms with Crippen LogP contribution in [0, 0.1) is 0 Å². The van der Waals surface area contributed by atoms with Crippen LogP contribution in [0.2, 0.25) is 0 Å². The Kier molecular flexibility index (Phi) is 3.38. The van der Waals surface area contributed by atoms with Crippen LogP contribution in [0.15, 0.2) is 30.3 Å². The highest BCUT2D eigenvalue weighted by molar-refractivity contribution is 6.00. The van der Waals surface area contributed by atoms with Crippen molar-refractivity contribution in [2.45, 2.75) is 12.3 Å². The van der Waals surface area contributed by atoms with Gasteiger partial charge in [0, 0.05) is 36.0 Å². The first-order chi connectivity index (χ1) is 12.1. The van der Waals surface area contributed by atoms with Gasteiger partial charge in [0.1, 0.15) is 17.0 Å². The normalized spacial score (nSPS) is 16.4. The summed E-state index contributed by atoms with van der Waals surface area (Å²) in [7, 11) is 1.53. The van der Waals surface area contributed by atoms with E-state index in [9.17, 15) is 14.7 Å². The van der Waals surface area contributed by atoms with Crippen molar-refractivity contribution in [1.82, 2.24) is 20.5 Å². The predicted octanol–water partition coefficient (Wildman–Crippen LogP) is 1.50. The fraction of sp³-hybridized carbons (Fsp3) is 0.176. The third-order valence-corrected chi connectivity index (χ3v) is 4.33. The average Bonchev–Trinajstić information content (AvgIpc) is 3.04. The molecule has 1 aliphatic heterocycles. The van der Waals surface area contributed by atoms with Crippen LogP contribution in [0.1, 0.15) is 34.1 Å². The van der Waals surface area contributed by atoms with Crippen LogP contribution in [0.5, 0.6) is 5.75 Å². The third-order valence-electron chi connectivity index (χ3n) is 4.33. The van der Waals surface area contributed by atoms with E-state index in [1.807, 2.05) is 12.1 Å². The molecule has 3 heterocycles. The Morgan fingerprint density at radius 1 is 1.32 bits per heavy atom. The zero-order valence-electron chi connectivity index (χ0n) is 13.3. The van der Waals surface area contributed by atoms with E-state index in [4.69, 9.17) is 0 Å². The predicted molar refractivity (Wildman–Crippen MR) is 90.5 cm³/mol. The topological polar surface area (TPSA) is 120 Å². The number of phenols is 1. The van der Waals surface area contributed by atoms with Gasteiger partial charge in [-0.2, -0.15) is 5.10 Å². The molecule has 4 rings (SSSR count). The van der Waals surface area contributed by atoms with Crippen molar-refractivity contribution in [3.8, 4) is 5.75 Å². The number of hydrogen-bond acceptors (Lipinski definition) is 5. The molecule has 0 fully saturated rings. The summed E-state index contributed by atoms with van der Waals surface area (Å²) >= 11 is 0. The van der Waals surface area contributed by atoms with E-state index in [1.165, 1.54) is 7.05 Å². The smallest absolute Gasteiger partial charge is 0.269 e. The van der Waals surface area contributed by atoms with E-state index in [2.05, 4.69) is 25.8 Å². The fourth-order valence-corrected chi connectivity index (χ4v) is 3.15. The number of pyridine rings is 1. The number of amides is 2. The summed E-state index contributed by atoms with van der Waals surface area (Å²) < 4.78 is 0. The number of para-hydroxylation sites is 1. The molecule has 25 heavy (non-hydrogen) atoms. The Balaban J connectivity index is 1.89. The van der Waals surface area contributed by atoms with Crippen molar-refractivity contribution >= 4 is 28.5 Å². The van der Waals surface area contributed by atoms with Crippen molar-refractivity contribution in [3.63, 3.8) is 0 Å². The first-order valence-electron chi connectivity index (χ1n) is 7.77. The molecule has 0 spiro atoms. The maximum atomic E-state index is 12.1. The minimum atomic E-state index is -0.432. The molecule has 1 unspecified atom stereocenters. The van der Waals surface area contributed by atoms with Gasteiger partial charge in [0.05, 0.1) is 0 Å².